The molecule has 2 saturated heterocycles. The van der Waals surface area contributed by atoms with E-state index in [9.17, 15) is 18.8 Å². The number of likely N-dealkylation sites (tertiary alicyclic amines) is 1. The zero-order chi connectivity index (χ0) is 31.3. The largest absolute Gasteiger partial charge is 0.465 e. The van der Waals surface area contributed by atoms with E-state index in [1.807, 2.05) is 4.90 Å². The quantitative estimate of drug-likeness (QED) is 0.340. The predicted octanol–water partition coefficient (Wildman–Crippen LogP) is 5.17. The van der Waals surface area contributed by atoms with Crippen molar-refractivity contribution < 1.29 is 28.2 Å². The lowest BCUT2D eigenvalue weighted by molar-refractivity contribution is -0.150. The third-order valence-electron chi connectivity index (χ3n) is 13.0. The van der Waals surface area contributed by atoms with Gasteiger partial charge in [0.15, 0.2) is 0 Å². The molecule has 4 aliphatic carbocycles. The SMILES string of the molecule is N[C@H](CF)C1CCC(C(=O)N2CC[C@@H](C3CCCCC3)[C@H]2C(=O)NC2CCC3CC(C(=O)OCC4CCOCC4)CC3C2)CC1. The van der Waals surface area contributed by atoms with Crippen LogP contribution in [0.1, 0.15) is 109 Å². The van der Waals surface area contributed by atoms with Crippen LogP contribution in [0.25, 0.3) is 0 Å². The lowest BCUT2D eigenvalue weighted by Crippen LogP contribution is -2.54. The molecule has 0 aromatic carbocycles. The van der Waals surface area contributed by atoms with Crippen molar-refractivity contribution in [3.05, 3.63) is 0 Å². The van der Waals surface area contributed by atoms with Gasteiger partial charge in [-0.05, 0) is 113 Å². The van der Waals surface area contributed by atoms with Crippen LogP contribution < -0.4 is 11.1 Å². The Hall–Kier alpha value is -1.74. The van der Waals surface area contributed by atoms with Crippen LogP contribution in [0.15, 0.2) is 0 Å². The minimum Gasteiger partial charge on any atom is -0.465 e. The average Bonchev–Trinajstić information content (AvgIpc) is 3.72. The number of carbonyl (C=O) groups is 3. The number of ether oxygens (including phenoxy) is 2. The Morgan fingerprint density at radius 3 is 2.29 bits per heavy atom. The molecular formula is C36H58FN3O5. The molecule has 6 rings (SSSR count). The molecule has 0 bridgehead atoms. The van der Waals surface area contributed by atoms with Gasteiger partial charge in [0.1, 0.15) is 12.7 Å². The number of carbonyl (C=O) groups excluding carboxylic acids is 3. The normalized spacial score (nSPS) is 37.2. The standard InChI is InChI=1S/C36H58FN3O5/c37-21-32(38)25-6-8-26(9-7-25)35(42)40-15-12-31(24-4-2-1-3-5-24)33(40)34(41)39-30-11-10-27-18-29(19-28(27)20-30)36(43)45-22-23-13-16-44-17-14-23/h23-33H,1-22,38H2,(H,39,41)/t25?,26?,27?,28?,29?,30?,31-,32+,33-/m0/s1. The zero-order valence-electron chi connectivity index (χ0n) is 27.4. The highest BCUT2D eigenvalue weighted by atomic mass is 19.1. The first-order valence-electron chi connectivity index (χ1n) is 18.6. The molecule has 0 aromatic heterocycles. The fourth-order valence-electron chi connectivity index (χ4n) is 10.2. The Bertz CT molecular complexity index is 1010. The number of alkyl halides is 1. The van der Waals surface area contributed by atoms with Crippen molar-refractivity contribution >= 4 is 17.8 Å². The summed E-state index contributed by atoms with van der Waals surface area (Å²) in [6, 6.07) is -0.728. The third-order valence-corrected chi connectivity index (χ3v) is 13.0. The maximum atomic E-state index is 14.2. The topological polar surface area (TPSA) is 111 Å². The van der Waals surface area contributed by atoms with Gasteiger partial charge in [0.2, 0.25) is 11.8 Å². The lowest BCUT2D eigenvalue weighted by Gasteiger charge is -2.38. The highest BCUT2D eigenvalue weighted by molar-refractivity contribution is 5.89. The van der Waals surface area contributed by atoms with E-state index in [0.29, 0.717) is 36.8 Å². The molecule has 6 aliphatic rings. The number of nitrogens with zero attached hydrogens (tertiary/aromatic N) is 1. The van der Waals surface area contributed by atoms with Gasteiger partial charge in [0, 0.05) is 37.8 Å². The number of hydrogen-bond acceptors (Lipinski definition) is 6. The van der Waals surface area contributed by atoms with Crippen LogP contribution in [-0.4, -0.2) is 73.8 Å². The fraction of sp³-hybridized carbons (Fsp3) is 0.917. The first kappa shape index (κ1) is 33.2. The van der Waals surface area contributed by atoms with Crippen molar-refractivity contribution in [2.75, 3.05) is 33.0 Å². The fourth-order valence-corrected chi connectivity index (χ4v) is 10.2. The first-order valence-corrected chi connectivity index (χ1v) is 18.6. The summed E-state index contributed by atoms with van der Waals surface area (Å²) in [5.41, 5.74) is 5.99. The van der Waals surface area contributed by atoms with Crippen molar-refractivity contribution in [3.63, 3.8) is 0 Å². The molecule has 8 nitrogen and oxygen atoms in total. The van der Waals surface area contributed by atoms with Crippen LogP contribution >= 0.6 is 0 Å². The summed E-state index contributed by atoms with van der Waals surface area (Å²) in [7, 11) is 0. The van der Waals surface area contributed by atoms with Crippen LogP contribution in [0, 0.1) is 47.3 Å². The van der Waals surface area contributed by atoms with E-state index in [2.05, 4.69) is 5.32 Å². The molecule has 0 radical (unpaired) electrons. The Kier molecular flexibility index (Phi) is 11.4. The molecule has 45 heavy (non-hydrogen) atoms. The molecule has 0 spiro atoms. The second-order valence-corrected chi connectivity index (χ2v) is 15.6. The highest BCUT2D eigenvalue weighted by Gasteiger charge is 2.48. The summed E-state index contributed by atoms with van der Waals surface area (Å²) >= 11 is 0. The molecule has 2 heterocycles. The van der Waals surface area contributed by atoms with Gasteiger partial charge in [-0.15, -0.1) is 0 Å². The van der Waals surface area contributed by atoms with Crippen LogP contribution in [0.5, 0.6) is 0 Å². The highest BCUT2D eigenvalue weighted by Crippen LogP contribution is 2.46. The van der Waals surface area contributed by atoms with Gasteiger partial charge in [0.05, 0.1) is 12.5 Å². The summed E-state index contributed by atoms with van der Waals surface area (Å²) in [6.07, 6.45) is 16.5. The molecular weight excluding hydrogens is 573 g/mol. The molecule has 3 N–H and O–H groups in total. The predicted molar refractivity (Wildman–Crippen MR) is 170 cm³/mol. The maximum Gasteiger partial charge on any atom is 0.308 e. The van der Waals surface area contributed by atoms with Gasteiger partial charge in [-0.1, -0.05) is 32.1 Å². The van der Waals surface area contributed by atoms with Crippen molar-refractivity contribution in [2.24, 2.45) is 53.1 Å². The van der Waals surface area contributed by atoms with Crippen LogP contribution in [0.4, 0.5) is 4.39 Å². The van der Waals surface area contributed by atoms with Crippen LogP contribution in [-0.2, 0) is 23.9 Å². The lowest BCUT2D eigenvalue weighted by atomic mass is 9.75. The Morgan fingerprint density at radius 1 is 0.822 bits per heavy atom. The summed E-state index contributed by atoms with van der Waals surface area (Å²) in [4.78, 5) is 43.1. The van der Waals surface area contributed by atoms with Gasteiger partial charge >= 0.3 is 5.97 Å². The van der Waals surface area contributed by atoms with E-state index in [1.54, 1.807) is 0 Å². The number of nitrogens with one attached hydrogen (secondary N) is 1. The Labute approximate surface area is 269 Å². The molecule has 4 unspecified atom stereocenters. The zero-order valence-corrected chi connectivity index (χ0v) is 27.4. The molecule has 9 heteroatoms. The smallest absolute Gasteiger partial charge is 0.308 e. The second kappa shape index (κ2) is 15.4. The van der Waals surface area contributed by atoms with Gasteiger partial charge in [0.25, 0.3) is 0 Å². The number of amides is 2. The molecule has 2 aliphatic heterocycles. The van der Waals surface area contributed by atoms with Crippen LogP contribution in [0.3, 0.4) is 0 Å². The minimum absolute atomic E-state index is 0.0255. The molecule has 6 fully saturated rings. The Morgan fingerprint density at radius 2 is 1.56 bits per heavy atom. The number of halogens is 1. The number of fused-ring (bicyclic) bond motifs is 1. The number of rotatable bonds is 9. The van der Waals surface area contributed by atoms with E-state index in [4.69, 9.17) is 15.2 Å². The van der Waals surface area contributed by atoms with E-state index in [1.165, 1.54) is 19.3 Å². The summed E-state index contributed by atoms with van der Waals surface area (Å²) in [6.45, 7) is 2.18. The number of nitrogens with two attached hydrogens (primary N) is 1. The monoisotopic (exact) mass is 631 g/mol. The Balaban J connectivity index is 1.05. The number of esters is 1. The van der Waals surface area contributed by atoms with Crippen molar-refractivity contribution in [1.82, 2.24) is 10.2 Å². The van der Waals surface area contributed by atoms with Crippen molar-refractivity contribution in [3.8, 4) is 0 Å². The number of hydrogen-bond donors (Lipinski definition) is 2. The van der Waals surface area contributed by atoms with E-state index < -0.39 is 12.7 Å². The third kappa shape index (κ3) is 7.88. The molecule has 2 amide bonds. The van der Waals surface area contributed by atoms with Crippen LogP contribution in [0.2, 0.25) is 0 Å². The molecule has 0 aromatic rings. The van der Waals surface area contributed by atoms with Gasteiger partial charge in [-0.25, -0.2) is 4.39 Å². The van der Waals surface area contributed by atoms with E-state index in [-0.39, 0.29) is 53.5 Å². The van der Waals surface area contributed by atoms with Crippen molar-refractivity contribution in [2.45, 2.75) is 127 Å². The maximum absolute atomic E-state index is 14.2. The van der Waals surface area contributed by atoms with Gasteiger partial charge in [-0.3, -0.25) is 14.4 Å². The molecule has 254 valence electrons. The molecule has 7 atom stereocenters. The van der Waals surface area contributed by atoms with Gasteiger partial charge in [-0.2, -0.15) is 0 Å². The minimum atomic E-state index is -0.509. The average molecular weight is 632 g/mol. The first-order chi connectivity index (χ1) is 21.9. The second-order valence-electron chi connectivity index (χ2n) is 15.6. The van der Waals surface area contributed by atoms with E-state index >= 15 is 0 Å². The van der Waals surface area contributed by atoms with E-state index in [0.717, 1.165) is 103 Å². The van der Waals surface area contributed by atoms with Gasteiger partial charge < -0.3 is 25.4 Å². The summed E-state index contributed by atoms with van der Waals surface area (Å²) < 4.78 is 24.4. The summed E-state index contributed by atoms with van der Waals surface area (Å²) in [5.74, 6) is 2.27. The molecule has 4 saturated carbocycles. The van der Waals surface area contributed by atoms with Crippen molar-refractivity contribution in [1.29, 1.82) is 0 Å². The summed E-state index contributed by atoms with van der Waals surface area (Å²) in [5, 5.41) is 3.45.